The number of nitrogens with one attached hydrogen (secondary N) is 1. The van der Waals surface area contributed by atoms with Gasteiger partial charge in [-0.2, -0.15) is 4.31 Å². The van der Waals surface area contributed by atoms with Gasteiger partial charge in [0.25, 0.3) is 0 Å². The van der Waals surface area contributed by atoms with E-state index in [1.165, 1.54) is 18.2 Å². The third-order valence-electron chi connectivity index (χ3n) is 3.59. The van der Waals surface area contributed by atoms with Crippen molar-refractivity contribution >= 4 is 21.6 Å². The minimum Gasteiger partial charge on any atom is -0.322 e. The molecule has 0 fully saturated rings. The summed E-state index contributed by atoms with van der Waals surface area (Å²) < 4.78 is 38.8. The quantitative estimate of drug-likeness (QED) is 0.871. The molecule has 1 amide bonds. The fraction of sp³-hybridized carbons (Fsp3) is 0.235. The largest absolute Gasteiger partial charge is 0.322 e. The van der Waals surface area contributed by atoms with Crippen LogP contribution in [0.25, 0.3) is 0 Å². The molecule has 24 heavy (non-hydrogen) atoms. The van der Waals surface area contributed by atoms with Gasteiger partial charge in [0.15, 0.2) is 0 Å². The molecule has 128 valence electrons. The molecule has 2 rings (SSSR count). The lowest BCUT2D eigenvalue weighted by Gasteiger charge is -2.26. The summed E-state index contributed by atoms with van der Waals surface area (Å²) in [6.45, 7) is 1.30. The Kier molecular flexibility index (Phi) is 5.69. The van der Waals surface area contributed by atoms with Crippen LogP contribution in [0.5, 0.6) is 0 Å². The molecule has 1 unspecified atom stereocenters. The number of anilines is 1. The zero-order valence-electron chi connectivity index (χ0n) is 13.4. The number of sulfonamides is 1. The fourth-order valence-electron chi connectivity index (χ4n) is 2.33. The second-order valence-electron chi connectivity index (χ2n) is 5.42. The summed E-state index contributed by atoms with van der Waals surface area (Å²) in [4.78, 5) is 12.2. The molecule has 0 bridgehead atoms. The number of para-hydroxylation sites is 1. The van der Waals surface area contributed by atoms with Crippen LogP contribution in [0.15, 0.2) is 54.6 Å². The molecule has 0 aromatic heterocycles. The zero-order valence-corrected chi connectivity index (χ0v) is 14.3. The van der Waals surface area contributed by atoms with E-state index < -0.39 is 34.3 Å². The van der Waals surface area contributed by atoms with Gasteiger partial charge in [-0.3, -0.25) is 4.79 Å². The highest BCUT2D eigenvalue weighted by molar-refractivity contribution is 7.88. The number of hydrogen-bond acceptors (Lipinski definition) is 3. The highest BCUT2D eigenvalue weighted by Crippen LogP contribution is 2.22. The number of hydrogen-bond donors (Lipinski definition) is 1. The Balaban J connectivity index is 2.18. The van der Waals surface area contributed by atoms with Crippen molar-refractivity contribution in [2.24, 2.45) is 0 Å². The maximum Gasteiger partial charge on any atom is 0.239 e. The topological polar surface area (TPSA) is 66.5 Å². The number of amides is 1. The van der Waals surface area contributed by atoms with E-state index in [4.69, 9.17) is 0 Å². The summed E-state index contributed by atoms with van der Waals surface area (Å²) in [5.74, 6) is -1.18. The van der Waals surface area contributed by atoms with Gasteiger partial charge in [-0.15, -0.1) is 0 Å². The van der Waals surface area contributed by atoms with Gasteiger partial charge in [-0.1, -0.05) is 42.5 Å². The number of halogens is 1. The fourth-order valence-corrected chi connectivity index (χ4v) is 3.38. The molecule has 2 aromatic rings. The summed E-state index contributed by atoms with van der Waals surface area (Å²) in [5.41, 5.74) is 0.782. The van der Waals surface area contributed by atoms with Crippen LogP contribution >= 0.6 is 0 Å². The summed E-state index contributed by atoms with van der Waals surface area (Å²) in [6, 6.07) is 14.2. The summed E-state index contributed by atoms with van der Waals surface area (Å²) in [6.07, 6.45) is 1.04. The number of rotatable bonds is 6. The Labute approximate surface area is 141 Å². The monoisotopic (exact) mass is 350 g/mol. The summed E-state index contributed by atoms with van der Waals surface area (Å²) in [7, 11) is -3.63. The van der Waals surface area contributed by atoms with Crippen molar-refractivity contribution in [1.29, 1.82) is 0 Å². The summed E-state index contributed by atoms with van der Waals surface area (Å²) >= 11 is 0. The second kappa shape index (κ2) is 7.55. The Bertz CT molecular complexity index is 810. The van der Waals surface area contributed by atoms with Crippen molar-refractivity contribution in [1.82, 2.24) is 4.31 Å². The number of carbonyl (C=O) groups is 1. The predicted molar refractivity (Wildman–Crippen MR) is 91.4 cm³/mol. The van der Waals surface area contributed by atoms with Crippen molar-refractivity contribution in [2.75, 3.05) is 18.1 Å². The number of benzene rings is 2. The highest BCUT2D eigenvalue weighted by Gasteiger charge is 2.27. The lowest BCUT2D eigenvalue weighted by molar-refractivity contribution is -0.116. The van der Waals surface area contributed by atoms with E-state index in [9.17, 15) is 17.6 Å². The molecular formula is C17H19FN2O3S. The van der Waals surface area contributed by atoms with E-state index in [0.717, 1.165) is 16.1 Å². The van der Waals surface area contributed by atoms with Crippen molar-refractivity contribution < 1.29 is 17.6 Å². The number of carbonyl (C=O) groups excluding carboxylic acids is 1. The van der Waals surface area contributed by atoms with E-state index in [1.54, 1.807) is 37.3 Å². The van der Waals surface area contributed by atoms with Crippen LogP contribution in [0.2, 0.25) is 0 Å². The van der Waals surface area contributed by atoms with Crippen molar-refractivity contribution in [3.05, 3.63) is 66.0 Å². The van der Waals surface area contributed by atoms with Crippen LogP contribution in [-0.2, 0) is 14.8 Å². The molecule has 0 aliphatic rings. The first-order valence-corrected chi connectivity index (χ1v) is 9.20. The van der Waals surface area contributed by atoms with Crippen LogP contribution < -0.4 is 5.32 Å². The van der Waals surface area contributed by atoms with Crippen LogP contribution in [0.1, 0.15) is 18.5 Å². The van der Waals surface area contributed by atoms with Gasteiger partial charge < -0.3 is 5.32 Å². The molecule has 1 N–H and O–H groups in total. The van der Waals surface area contributed by atoms with Gasteiger partial charge in [0.05, 0.1) is 18.5 Å². The van der Waals surface area contributed by atoms with E-state index in [1.807, 2.05) is 6.07 Å². The standard InChI is InChI=1S/C17H19FN2O3S/c1-13(14-8-4-3-5-9-14)20(24(2,22)23)12-17(21)19-16-11-7-6-10-15(16)18/h3-11,13H,12H2,1-2H3,(H,19,21). The molecule has 0 heterocycles. The van der Waals surface area contributed by atoms with Gasteiger partial charge in [0.1, 0.15) is 5.82 Å². The molecule has 2 aromatic carbocycles. The van der Waals surface area contributed by atoms with Gasteiger partial charge in [-0.25, -0.2) is 12.8 Å². The maximum atomic E-state index is 13.6. The third kappa shape index (κ3) is 4.62. The van der Waals surface area contributed by atoms with Gasteiger partial charge >= 0.3 is 0 Å². The average molecular weight is 350 g/mol. The molecule has 0 saturated carbocycles. The summed E-state index contributed by atoms with van der Waals surface area (Å²) in [5, 5.41) is 2.40. The molecule has 5 nitrogen and oxygen atoms in total. The van der Waals surface area contributed by atoms with E-state index in [0.29, 0.717) is 0 Å². The first-order valence-electron chi connectivity index (χ1n) is 7.35. The Morgan fingerprint density at radius 3 is 2.29 bits per heavy atom. The van der Waals surface area contributed by atoms with Crippen LogP contribution in [-0.4, -0.2) is 31.4 Å². The Morgan fingerprint density at radius 2 is 1.71 bits per heavy atom. The lowest BCUT2D eigenvalue weighted by Crippen LogP contribution is -2.39. The molecule has 0 radical (unpaired) electrons. The molecular weight excluding hydrogens is 331 g/mol. The molecule has 0 aliphatic heterocycles. The average Bonchev–Trinajstić information content (AvgIpc) is 2.54. The van der Waals surface area contributed by atoms with Crippen molar-refractivity contribution in [2.45, 2.75) is 13.0 Å². The maximum absolute atomic E-state index is 13.6. The molecule has 0 aliphatic carbocycles. The Morgan fingerprint density at radius 1 is 1.12 bits per heavy atom. The number of nitrogens with zero attached hydrogens (tertiary/aromatic N) is 1. The van der Waals surface area contributed by atoms with Gasteiger partial charge in [-0.05, 0) is 24.6 Å². The molecule has 1 atom stereocenters. The van der Waals surface area contributed by atoms with Crippen LogP contribution in [0.4, 0.5) is 10.1 Å². The minimum absolute atomic E-state index is 0.0170. The first kappa shape index (κ1) is 18.1. The molecule has 7 heteroatoms. The van der Waals surface area contributed by atoms with Crippen molar-refractivity contribution in [3.63, 3.8) is 0 Å². The van der Waals surface area contributed by atoms with E-state index in [-0.39, 0.29) is 5.69 Å². The van der Waals surface area contributed by atoms with Crippen molar-refractivity contribution in [3.8, 4) is 0 Å². The molecule has 0 saturated heterocycles. The highest BCUT2D eigenvalue weighted by atomic mass is 32.2. The predicted octanol–water partition coefficient (Wildman–Crippen LogP) is 2.79. The first-order chi connectivity index (χ1) is 11.3. The van der Waals surface area contributed by atoms with E-state index >= 15 is 0 Å². The second-order valence-corrected chi connectivity index (χ2v) is 7.36. The van der Waals surface area contributed by atoms with Gasteiger partial charge in [0, 0.05) is 6.04 Å². The molecule has 0 spiro atoms. The lowest BCUT2D eigenvalue weighted by atomic mass is 10.1. The van der Waals surface area contributed by atoms with Gasteiger partial charge in [0.2, 0.25) is 15.9 Å². The normalized spacial score (nSPS) is 12.8. The minimum atomic E-state index is -3.63. The van der Waals surface area contributed by atoms with Crippen LogP contribution in [0, 0.1) is 5.82 Å². The third-order valence-corrected chi connectivity index (χ3v) is 4.88. The van der Waals surface area contributed by atoms with E-state index in [2.05, 4.69) is 5.32 Å². The van der Waals surface area contributed by atoms with Crippen LogP contribution in [0.3, 0.4) is 0 Å². The Hall–Kier alpha value is -2.25. The SMILES string of the molecule is CC(c1ccccc1)N(CC(=O)Nc1ccccc1F)S(C)(=O)=O. The zero-order chi connectivity index (χ0) is 17.7. The smallest absolute Gasteiger partial charge is 0.239 e.